The minimum absolute atomic E-state index is 0.0922. The molecule has 6 nitrogen and oxygen atoms in total. The number of rotatable bonds is 11. The molecule has 0 aliphatic carbocycles. The van der Waals surface area contributed by atoms with Gasteiger partial charge < -0.3 is 4.57 Å². The third kappa shape index (κ3) is 6.40. The van der Waals surface area contributed by atoms with Crippen LogP contribution in [0.1, 0.15) is 56.0 Å². The van der Waals surface area contributed by atoms with Crippen molar-refractivity contribution in [2.75, 3.05) is 19.6 Å². The van der Waals surface area contributed by atoms with Gasteiger partial charge in [-0.2, -0.15) is 4.31 Å². The highest BCUT2D eigenvalue weighted by molar-refractivity contribution is 7.89. The molecule has 39 heavy (non-hydrogen) atoms. The lowest BCUT2D eigenvalue weighted by Gasteiger charge is -2.27. The minimum atomic E-state index is -3.84. The summed E-state index contributed by atoms with van der Waals surface area (Å²) in [7, 11) is -3.84. The smallest absolute Gasteiger partial charge is 0.243 e. The van der Waals surface area contributed by atoms with E-state index >= 15 is 0 Å². The Morgan fingerprint density at radius 1 is 0.872 bits per heavy atom. The Balaban J connectivity index is 1.50. The highest BCUT2D eigenvalue weighted by Gasteiger charge is 2.27. The maximum Gasteiger partial charge on any atom is 0.243 e. The molecule has 1 fully saturated rings. The van der Waals surface area contributed by atoms with Gasteiger partial charge in [0.2, 0.25) is 10.0 Å². The lowest BCUT2D eigenvalue weighted by molar-refractivity contribution is 0.220. The summed E-state index contributed by atoms with van der Waals surface area (Å²) >= 11 is 0. The number of fused-ring (bicyclic) bond motifs is 1. The minimum Gasteiger partial charge on any atom is -0.322 e. The van der Waals surface area contributed by atoms with Gasteiger partial charge in [0, 0.05) is 19.6 Å². The van der Waals surface area contributed by atoms with E-state index in [9.17, 15) is 12.8 Å². The molecule has 4 aromatic rings. The van der Waals surface area contributed by atoms with Crippen LogP contribution in [-0.2, 0) is 29.7 Å². The van der Waals surface area contributed by atoms with Gasteiger partial charge >= 0.3 is 0 Å². The molecule has 206 valence electrons. The van der Waals surface area contributed by atoms with Crippen molar-refractivity contribution >= 4 is 21.1 Å². The van der Waals surface area contributed by atoms with Crippen molar-refractivity contribution in [1.29, 1.82) is 0 Å². The Hall–Kier alpha value is -3.07. The number of aromatic nitrogens is 2. The van der Waals surface area contributed by atoms with E-state index in [1.165, 1.54) is 59.0 Å². The fourth-order valence-electron chi connectivity index (χ4n) is 5.35. The summed E-state index contributed by atoms with van der Waals surface area (Å²) in [5, 5.41) is 0. The summed E-state index contributed by atoms with van der Waals surface area (Å²) in [5.74, 6) is 0.241. The summed E-state index contributed by atoms with van der Waals surface area (Å²) in [6.07, 6.45) is 5.37. The van der Waals surface area contributed by atoms with Crippen LogP contribution in [-0.4, -0.2) is 46.8 Å². The van der Waals surface area contributed by atoms with Gasteiger partial charge in [-0.25, -0.2) is 17.8 Å². The highest BCUT2D eigenvalue weighted by atomic mass is 32.2. The summed E-state index contributed by atoms with van der Waals surface area (Å²) < 4.78 is 44.6. The molecule has 1 aliphatic rings. The largest absolute Gasteiger partial charge is 0.322 e. The maximum absolute atomic E-state index is 13.7. The number of sulfonamides is 1. The molecule has 0 spiro atoms. The Morgan fingerprint density at radius 2 is 1.54 bits per heavy atom. The molecule has 5 rings (SSSR count). The number of nitrogens with zero attached hydrogens (tertiary/aromatic N) is 4. The molecule has 0 bridgehead atoms. The van der Waals surface area contributed by atoms with Crippen LogP contribution in [0.4, 0.5) is 4.39 Å². The van der Waals surface area contributed by atoms with Crippen LogP contribution in [0, 0.1) is 5.82 Å². The molecule has 1 saturated heterocycles. The molecule has 0 atom stereocenters. The van der Waals surface area contributed by atoms with Crippen molar-refractivity contribution in [1.82, 2.24) is 18.8 Å². The number of hydrogen-bond donors (Lipinski definition) is 0. The number of imidazole rings is 1. The standard InChI is InChI=1S/C31H37FN4O2S/c1-2-3-21-35(39(37,38)28-17-15-27(32)16-18-28)24-31-33-29-13-7-8-14-30(29)36(31)23-26-12-6-5-11-25(26)22-34-19-9-4-10-20-34/h5-8,11-18H,2-4,9-10,19-24H2,1H3. The van der Waals surface area contributed by atoms with E-state index in [1.54, 1.807) is 0 Å². The molecule has 3 aromatic carbocycles. The van der Waals surface area contributed by atoms with Crippen molar-refractivity contribution in [2.24, 2.45) is 0 Å². The summed E-state index contributed by atoms with van der Waals surface area (Å²) in [6, 6.07) is 21.6. The molecule has 0 saturated carbocycles. The van der Waals surface area contributed by atoms with Crippen molar-refractivity contribution in [3.8, 4) is 0 Å². The van der Waals surface area contributed by atoms with E-state index < -0.39 is 15.8 Å². The third-order valence-electron chi connectivity index (χ3n) is 7.55. The zero-order chi connectivity index (χ0) is 27.2. The number of benzene rings is 3. The predicted molar refractivity (Wildman–Crippen MR) is 153 cm³/mol. The van der Waals surface area contributed by atoms with Crippen LogP contribution >= 0.6 is 0 Å². The molecule has 8 heteroatoms. The SMILES string of the molecule is CCCCN(Cc1nc2ccccc2n1Cc1ccccc1CN1CCCCC1)S(=O)(=O)c1ccc(F)cc1. The number of halogens is 1. The summed E-state index contributed by atoms with van der Waals surface area (Å²) in [6.45, 7) is 6.32. The van der Waals surface area contributed by atoms with Gasteiger partial charge in [-0.05, 0) is 79.9 Å². The van der Waals surface area contributed by atoms with E-state index in [4.69, 9.17) is 4.98 Å². The normalized spacial score (nSPS) is 14.8. The molecule has 0 unspecified atom stereocenters. The average molecular weight is 549 g/mol. The zero-order valence-corrected chi connectivity index (χ0v) is 23.4. The Labute approximate surface area is 231 Å². The molecule has 1 aromatic heterocycles. The van der Waals surface area contributed by atoms with Crippen molar-refractivity contribution in [2.45, 2.75) is 63.6 Å². The Kier molecular flexibility index (Phi) is 8.75. The maximum atomic E-state index is 13.7. The number of hydrogen-bond acceptors (Lipinski definition) is 4. The molecule has 0 N–H and O–H groups in total. The fraction of sp³-hybridized carbons (Fsp3) is 0.387. The quantitative estimate of drug-likeness (QED) is 0.224. The van der Waals surface area contributed by atoms with Gasteiger partial charge in [0.05, 0.1) is 22.5 Å². The van der Waals surface area contributed by atoms with Crippen LogP contribution in [0.15, 0.2) is 77.7 Å². The van der Waals surface area contributed by atoms with Gasteiger partial charge in [-0.3, -0.25) is 4.90 Å². The van der Waals surface area contributed by atoms with E-state index in [0.29, 0.717) is 18.9 Å². The van der Waals surface area contributed by atoms with Gasteiger partial charge in [-0.1, -0.05) is 56.2 Å². The second-order valence-corrected chi connectivity index (χ2v) is 12.3. The van der Waals surface area contributed by atoms with Crippen LogP contribution in [0.25, 0.3) is 11.0 Å². The zero-order valence-electron chi connectivity index (χ0n) is 22.6. The van der Waals surface area contributed by atoms with E-state index in [1.807, 2.05) is 31.2 Å². The Morgan fingerprint density at radius 3 is 2.26 bits per heavy atom. The monoisotopic (exact) mass is 548 g/mol. The first-order valence-electron chi connectivity index (χ1n) is 13.9. The van der Waals surface area contributed by atoms with Gasteiger partial charge in [-0.15, -0.1) is 0 Å². The molecule has 0 amide bonds. The van der Waals surface area contributed by atoms with Crippen molar-refractivity contribution in [3.63, 3.8) is 0 Å². The molecule has 1 aliphatic heterocycles. The van der Waals surface area contributed by atoms with E-state index in [0.717, 1.165) is 43.5 Å². The second-order valence-electron chi connectivity index (χ2n) is 10.4. The number of likely N-dealkylation sites (tertiary alicyclic amines) is 1. The third-order valence-corrected chi connectivity index (χ3v) is 9.41. The predicted octanol–water partition coefficient (Wildman–Crippen LogP) is 6.20. The fourth-order valence-corrected chi connectivity index (χ4v) is 6.78. The number of piperidine rings is 1. The van der Waals surface area contributed by atoms with Crippen LogP contribution < -0.4 is 0 Å². The topological polar surface area (TPSA) is 58.4 Å². The Bertz CT molecular complexity index is 1490. The number of unbranched alkanes of at least 4 members (excludes halogenated alkanes) is 1. The van der Waals surface area contributed by atoms with Crippen molar-refractivity contribution < 1.29 is 12.8 Å². The lowest BCUT2D eigenvalue weighted by Crippen LogP contribution is -2.33. The molecular weight excluding hydrogens is 511 g/mol. The number of para-hydroxylation sites is 2. The van der Waals surface area contributed by atoms with Crippen LogP contribution in [0.2, 0.25) is 0 Å². The van der Waals surface area contributed by atoms with E-state index in [-0.39, 0.29) is 11.4 Å². The highest BCUT2D eigenvalue weighted by Crippen LogP contribution is 2.25. The van der Waals surface area contributed by atoms with Gasteiger partial charge in [0.15, 0.2) is 0 Å². The molecule has 0 radical (unpaired) electrons. The van der Waals surface area contributed by atoms with Gasteiger partial charge in [0.1, 0.15) is 11.6 Å². The van der Waals surface area contributed by atoms with E-state index in [2.05, 4.69) is 33.7 Å². The average Bonchev–Trinajstić information content (AvgIpc) is 3.29. The summed E-state index contributed by atoms with van der Waals surface area (Å²) in [4.78, 5) is 7.53. The van der Waals surface area contributed by atoms with Gasteiger partial charge in [0.25, 0.3) is 0 Å². The molecule has 2 heterocycles. The van der Waals surface area contributed by atoms with Crippen LogP contribution in [0.3, 0.4) is 0 Å². The first-order valence-corrected chi connectivity index (χ1v) is 15.4. The lowest BCUT2D eigenvalue weighted by atomic mass is 10.0. The summed E-state index contributed by atoms with van der Waals surface area (Å²) in [5.41, 5.74) is 4.34. The van der Waals surface area contributed by atoms with Crippen molar-refractivity contribution in [3.05, 3.63) is 95.6 Å². The van der Waals surface area contributed by atoms with Crippen LogP contribution in [0.5, 0.6) is 0 Å². The molecular formula is C31H37FN4O2S. The second kappa shape index (κ2) is 12.4. The first kappa shape index (κ1) is 27.5. The first-order chi connectivity index (χ1) is 19.0.